The van der Waals surface area contributed by atoms with Gasteiger partial charge >= 0.3 is 5.97 Å². The highest BCUT2D eigenvalue weighted by molar-refractivity contribution is 7.99. The van der Waals surface area contributed by atoms with Gasteiger partial charge in [0.1, 0.15) is 6.61 Å². The first kappa shape index (κ1) is 15.0. The van der Waals surface area contributed by atoms with E-state index in [2.05, 4.69) is 4.98 Å². The number of carbonyl (C=O) groups excluding carboxylic acids is 1. The van der Waals surface area contributed by atoms with E-state index < -0.39 is 0 Å². The number of rotatable bonds is 5. The van der Waals surface area contributed by atoms with E-state index in [1.54, 1.807) is 18.0 Å². The molecule has 3 nitrogen and oxygen atoms in total. The van der Waals surface area contributed by atoms with Crippen LogP contribution in [0.3, 0.4) is 0 Å². The first-order valence-corrected chi connectivity index (χ1v) is 8.22. The molecule has 0 aliphatic carbocycles. The molecule has 0 atom stereocenters. The molecule has 22 heavy (non-hydrogen) atoms. The van der Waals surface area contributed by atoms with Crippen LogP contribution in [0.25, 0.3) is 10.9 Å². The molecule has 0 spiro atoms. The normalized spacial score (nSPS) is 10.8. The molecule has 1 N–H and O–H groups in total. The zero-order valence-electron chi connectivity index (χ0n) is 11.7. The van der Waals surface area contributed by atoms with E-state index in [4.69, 9.17) is 16.3 Å². The maximum atomic E-state index is 12.1. The van der Waals surface area contributed by atoms with E-state index in [0.29, 0.717) is 17.9 Å². The van der Waals surface area contributed by atoms with Gasteiger partial charge in [-0.25, -0.2) is 4.79 Å². The van der Waals surface area contributed by atoms with E-state index >= 15 is 0 Å². The number of nitrogens with one attached hydrogen (secondary N) is 1. The Kier molecular flexibility index (Phi) is 4.71. The summed E-state index contributed by atoms with van der Waals surface area (Å²) in [4.78, 5) is 16.3. The molecule has 0 unspecified atom stereocenters. The van der Waals surface area contributed by atoms with E-state index in [9.17, 15) is 4.79 Å². The number of fused-ring (bicyclic) bond motifs is 1. The van der Waals surface area contributed by atoms with Gasteiger partial charge in [-0.1, -0.05) is 29.8 Å². The van der Waals surface area contributed by atoms with Crippen molar-refractivity contribution in [3.63, 3.8) is 0 Å². The third-order valence-electron chi connectivity index (χ3n) is 3.21. The second kappa shape index (κ2) is 6.90. The lowest BCUT2D eigenvalue weighted by atomic mass is 10.2. The summed E-state index contributed by atoms with van der Waals surface area (Å²) in [5.74, 6) is 0.407. The molecule has 0 amide bonds. The maximum Gasteiger partial charge on any atom is 0.340 e. The Morgan fingerprint density at radius 2 is 1.91 bits per heavy atom. The van der Waals surface area contributed by atoms with Crippen molar-refractivity contribution in [3.8, 4) is 0 Å². The number of benzene rings is 2. The van der Waals surface area contributed by atoms with Crippen molar-refractivity contribution in [3.05, 3.63) is 65.3 Å². The highest BCUT2D eigenvalue weighted by atomic mass is 35.5. The van der Waals surface area contributed by atoms with Crippen LogP contribution in [-0.4, -0.2) is 23.3 Å². The number of hydrogen-bond donors (Lipinski definition) is 1. The Morgan fingerprint density at radius 3 is 2.73 bits per heavy atom. The smallest absolute Gasteiger partial charge is 0.340 e. The number of para-hydroxylation sites is 1. The fourth-order valence-electron chi connectivity index (χ4n) is 2.14. The van der Waals surface area contributed by atoms with Crippen LogP contribution < -0.4 is 0 Å². The van der Waals surface area contributed by atoms with Gasteiger partial charge in [-0.2, -0.15) is 0 Å². The predicted octanol–water partition coefficient (Wildman–Crippen LogP) is 4.77. The highest BCUT2D eigenvalue weighted by Crippen LogP contribution is 2.21. The largest absolute Gasteiger partial charge is 0.461 e. The maximum absolute atomic E-state index is 12.1. The number of H-pyrrole nitrogens is 1. The lowest BCUT2D eigenvalue weighted by Crippen LogP contribution is -2.07. The average molecular weight is 332 g/mol. The van der Waals surface area contributed by atoms with Crippen LogP contribution in [0.1, 0.15) is 10.4 Å². The van der Waals surface area contributed by atoms with Crippen LogP contribution in [0.5, 0.6) is 0 Å². The van der Waals surface area contributed by atoms with E-state index in [1.807, 2.05) is 48.5 Å². The lowest BCUT2D eigenvalue weighted by molar-refractivity contribution is 0.0532. The number of esters is 1. The van der Waals surface area contributed by atoms with Crippen LogP contribution in [-0.2, 0) is 4.74 Å². The standard InChI is InChI=1S/C17H14ClNO2S/c18-12-5-7-13(8-6-12)22-10-9-21-17(20)15-11-19-16-4-2-1-3-14(15)16/h1-8,11,19H,9-10H2. The zero-order chi connectivity index (χ0) is 15.4. The topological polar surface area (TPSA) is 42.1 Å². The van der Waals surface area contributed by atoms with Gasteiger partial charge in [0.05, 0.1) is 5.56 Å². The molecular weight excluding hydrogens is 318 g/mol. The second-order valence-corrected chi connectivity index (χ2v) is 6.29. The SMILES string of the molecule is O=C(OCCSc1ccc(Cl)cc1)c1c[nH]c2ccccc12. The van der Waals surface area contributed by atoms with Crippen LogP contribution in [0.4, 0.5) is 0 Å². The van der Waals surface area contributed by atoms with Crippen molar-refractivity contribution >= 4 is 40.2 Å². The highest BCUT2D eigenvalue weighted by Gasteiger charge is 2.12. The van der Waals surface area contributed by atoms with Gasteiger partial charge in [0, 0.05) is 32.8 Å². The van der Waals surface area contributed by atoms with Gasteiger partial charge in [-0.05, 0) is 30.3 Å². The minimum absolute atomic E-state index is 0.297. The second-order valence-electron chi connectivity index (χ2n) is 4.69. The zero-order valence-corrected chi connectivity index (χ0v) is 13.3. The van der Waals surface area contributed by atoms with Gasteiger partial charge in [-0.15, -0.1) is 11.8 Å². The molecule has 3 aromatic rings. The molecule has 2 aromatic carbocycles. The van der Waals surface area contributed by atoms with Crippen LogP contribution in [0.2, 0.25) is 5.02 Å². The average Bonchev–Trinajstić information content (AvgIpc) is 2.97. The minimum Gasteiger partial charge on any atom is -0.461 e. The number of hydrogen-bond acceptors (Lipinski definition) is 3. The third-order valence-corrected chi connectivity index (χ3v) is 4.44. The van der Waals surface area contributed by atoms with Crippen molar-refractivity contribution in [2.24, 2.45) is 0 Å². The van der Waals surface area contributed by atoms with Crippen LogP contribution in [0, 0.1) is 0 Å². The number of thioether (sulfide) groups is 1. The first-order valence-electron chi connectivity index (χ1n) is 6.85. The Hall–Kier alpha value is -1.91. The Labute approximate surface area is 137 Å². The molecule has 0 saturated carbocycles. The van der Waals surface area contributed by atoms with Gasteiger partial charge < -0.3 is 9.72 Å². The summed E-state index contributed by atoms with van der Waals surface area (Å²) in [6.45, 7) is 0.367. The summed E-state index contributed by atoms with van der Waals surface area (Å²) in [6, 6.07) is 15.3. The van der Waals surface area contributed by atoms with Gasteiger partial charge in [-0.3, -0.25) is 0 Å². The van der Waals surface area contributed by atoms with Crippen molar-refractivity contribution in [1.82, 2.24) is 4.98 Å². The number of aromatic nitrogens is 1. The fourth-order valence-corrected chi connectivity index (χ4v) is 3.00. The van der Waals surface area contributed by atoms with Crippen LogP contribution >= 0.6 is 23.4 Å². The van der Waals surface area contributed by atoms with Gasteiger partial charge in [0.25, 0.3) is 0 Å². The molecular formula is C17H14ClNO2S. The monoisotopic (exact) mass is 331 g/mol. The van der Waals surface area contributed by atoms with Crippen molar-refractivity contribution in [2.45, 2.75) is 4.90 Å². The molecule has 0 aliphatic rings. The number of aromatic amines is 1. The number of carbonyl (C=O) groups is 1. The molecule has 0 aliphatic heterocycles. The molecule has 0 radical (unpaired) electrons. The predicted molar refractivity (Wildman–Crippen MR) is 90.8 cm³/mol. The van der Waals surface area contributed by atoms with Crippen LogP contribution in [0.15, 0.2) is 59.6 Å². The molecule has 3 rings (SSSR count). The van der Waals surface area contributed by atoms with Gasteiger partial charge in [0.15, 0.2) is 0 Å². The summed E-state index contributed by atoms with van der Waals surface area (Å²) in [7, 11) is 0. The molecule has 1 aromatic heterocycles. The molecule has 5 heteroatoms. The summed E-state index contributed by atoms with van der Waals surface area (Å²) in [6.07, 6.45) is 1.69. The number of halogens is 1. The summed E-state index contributed by atoms with van der Waals surface area (Å²) >= 11 is 7.47. The van der Waals surface area contributed by atoms with Crippen molar-refractivity contribution in [2.75, 3.05) is 12.4 Å². The fraction of sp³-hybridized carbons (Fsp3) is 0.118. The Bertz CT molecular complexity index is 783. The molecule has 1 heterocycles. The molecule has 0 bridgehead atoms. The van der Waals surface area contributed by atoms with E-state index in [0.717, 1.165) is 20.8 Å². The molecule has 112 valence electrons. The van der Waals surface area contributed by atoms with Gasteiger partial charge in [0.2, 0.25) is 0 Å². The quantitative estimate of drug-likeness (QED) is 0.416. The first-order chi connectivity index (χ1) is 10.7. The summed E-state index contributed by atoms with van der Waals surface area (Å²) < 4.78 is 5.33. The Morgan fingerprint density at radius 1 is 1.14 bits per heavy atom. The van der Waals surface area contributed by atoms with Crippen molar-refractivity contribution < 1.29 is 9.53 Å². The molecule has 0 fully saturated rings. The summed E-state index contributed by atoms with van der Waals surface area (Å²) in [5, 5.41) is 1.60. The third kappa shape index (κ3) is 3.46. The van der Waals surface area contributed by atoms with E-state index in [1.165, 1.54) is 0 Å². The molecule has 0 saturated heterocycles. The summed E-state index contributed by atoms with van der Waals surface area (Å²) in [5.41, 5.74) is 1.51. The minimum atomic E-state index is -0.297. The Balaban J connectivity index is 1.53. The van der Waals surface area contributed by atoms with E-state index in [-0.39, 0.29) is 5.97 Å². The van der Waals surface area contributed by atoms with Crippen molar-refractivity contribution in [1.29, 1.82) is 0 Å². The lowest BCUT2D eigenvalue weighted by Gasteiger charge is -2.04. The number of ether oxygens (including phenoxy) is 1.